The number of hydrogen-bond acceptors (Lipinski definition) is 8. The summed E-state index contributed by atoms with van der Waals surface area (Å²) in [7, 11) is 0. The fourth-order valence-corrected chi connectivity index (χ4v) is 4.10. The van der Waals surface area contributed by atoms with Crippen LogP contribution in [-0.2, 0) is 10.9 Å². The number of carbonyl (C=O) groups excluding carboxylic acids is 2. The van der Waals surface area contributed by atoms with Crippen molar-refractivity contribution in [2.45, 2.75) is 6.18 Å². The second kappa shape index (κ2) is 12.4. The monoisotopic (exact) mass is 588 g/mol. The van der Waals surface area contributed by atoms with Crippen molar-refractivity contribution < 1.29 is 36.6 Å². The number of halogens is 4. The summed E-state index contributed by atoms with van der Waals surface area (Å²) in [5.41, 5.74) is -0.546. The molecule has 0 spiro atoms. The van der Waals surface area contributed by atoms with Crippen LogP contribution in [0.5, 0.6) is 5.75 Å². The molecule has 4 N–H and O–H groups in total. The van der Waals surface area contributed by atoms with Gasteiger partial charge >= 0.3 is 18.3 Å². The highest BCUT2D eigenvalue weighted by atomic mass is 19.4. The molecule has 1 aliphatic rings. The van der Waals surface area contributed by atoms with E-state index in [1.165, 1.54) is 24.5 Å². The zero-order valence-corrected chi connectivity index (χ0v) is 21.8. The lowest BCUT2D eigenvalue weighted by Crippen LogP contribution is -2.41. The number of hydrogen-bond donors (Lipinski definition) is 4. The first-order valence-electron chi connectivity index (χ1n) is 12.7. The Kier molecular flexibility index (Phi) is 8.44. The Morgan fingerprint density at radius 2 is 1.88 bits per heavy atom. The van der Waals surface area contributed by atoms with Crippen molar-refractivity contribution in [2.24, 2.45) is 0 Å². The van der Waals surface area contributed by atoms with E-state index < -0.39 is 35.4 Å². The number of fused-ring (bicyclic) bond motifs is 1. The summed E-state index contributed by atoms with van der Waals surface area (Å²) in [6.45, 7) is 3.93. The van der Waals surface area contributed by atoms with E-state index in [-0.39, 0.29) is 11.6 Å². The molecule has 0 radical (unpaired) electrons. The highest BCUT2D eigenvalue weighted by molar-refractivity contribution is 5.99. The summed E-state index contributed by atoms with van der Waals surface area (Å²) in [5.74, 6) is -0.801. The van der Waals surface area contributed by atoms with E-state index >= 15 is 0 Å². The van der Waals surface area contributed by atoms with Gasteiger partial charge in [-0.3, -0.25) is 15.3 Å². The number of H-pyrrole nitrogens is 1. The number of amides is 3. The van der Waals surface area contributed by atoms with Gasteiger partial charge in [-0.05, 0) is 30.3 Å². The van der Waals surface area contributed by atoms with Crippen molar-refractivity contribution in [2.75, 3.05) is 50.0 Å². The number of aromatic amines is 1. The molecule has 3 amide bonds. The lowest BCUT2D eigenvalue weighted by molar-refractivity contribution is -0.137. The van der Waals surface area contributed by atoms with Gasteiger partial charge in [-0.1, -0.05) is 0 Å². The van der Waals surface area contributed by atoms with Gasteiger partial charge in [0.2, 0.25) is 0 Å². The standard InChI is InChI=1S/C26H24F4N8O4/c27-18-3-2-16(26(28,29)30)11-20(18)35-24(39)36-22-4-1-15(13-32-22)19-12-21(17-14-33-37-23(17)34-19)42-25(40)31-5-6-38-7-9-41-10-8-38/h1-4,11-14H,5-10H2,(H,31,40)(H,33,34,37)(H2,32,35,36,39). The zero-order valence-electron chi connectivity index (χ0n) is 21.8. The van der Waals surface area contributed by atoms with Crippen LogP contribution in [0, 0.1) is 5.82 Å². The summed E-state index contributed by atoms with van der Waals surface area (Å²) in [6, 6.07) is 5.18. The van der Waals surface area contributed by atoms with Gasteiger partial charge in [0, 0.05) is 44.0 Å². The van der Waals surface area contributed by atoms with Crippen LogP contribution in [0.2, 0.25) is 0 Å². The second-order valence-electron chi connectivity index (χ2n) is 9.11. The Hall–Kier alpha value is -4.83. The summed E-state index contributed by atoms with van der Waals surface area (Å²) in [4.78, 5) is 35.5. The van der Waals surface area contributed by atoms with E-state index in [1.807, 2.05) is 5.32 Å². The van der Waals surface area contributed by atoms with E-state index in [0.29, 0.717) is 66.8 Å². The smallest absolute Gasteiger partial charge is 0.409 e. The highest BCUT2D eigenvalue weighted by Gasteiger charge is 2.31. The van der Waals surface area contributed by atoms with E-state index in [4.69, 9.17) is 9.47 Å². The summed E-state index contributed by atoms with van der Waals surface area (Å²) in [6.07, 6.45) is -2.51. The molecule has 5 rings (SSSR count). The number of urea groups is 1. The highest BCUT2D eigenvalue weighted by Crippen LogP contribution is 2.32. The SMILES string of the molecule is O=C(Nc1ccc(-c2cc(OC(=O)NCCN3CCOCC3)c3cn[nH]c3n2)cn1)Nc1cc(C(F)(F)F)ccc1F. The Morgan fingerprint density at radius 1 is 1.07 bits per heavy atom. The number of morpholine rings is 1. The van der Waals surface area contributed by atoms with Crippen LogP contribution in [0.3, 0.4) is 0 Å². The number of pyridine rings is 2. The van der Waals surface area contributed by atoms with E-state index in [9.17, 15) is 27.2 Å². The number of benzene rings is 1. The largest absolute Gasteiger partial charge is 0.416 e. The first-order chi connectivity index (χ1) is 20.2. The van der Waals surface area contributed by atoms with Crippen LogP contribution >= 0.6 is 0 Å². The lowest BCUT2D eigenvalue weighted by atomic mass is 10.1. The van der Waals surface area contributed by atoms with Crippen LogP contribution in [0.25, 0.3) is 22.3 Å². The molecule has 12 nitrogen and oxygen atoms in total. The van der Waals surface area contributed by atoms with E-state index in [2.05, 4.69) is 35.7 Å². The molecule has 1 aliphatic heterocycles. The van der Waals surface area contributed by atoms with Crippen LogP contribution in [0.15, 0.2) is 48.8 Å². The van der Waals surface area contributed by atoms with Gasteiger partial charge in [0.25, 0.3) is 0 Å². The molecule has 4 heterocycles. The second-order valence-corrected chi connectivity index (χ2v) is 9.11. The summed E-state index contributed by atoms with van der Waals surface area (Å²) >= 11 is 0. The molecule has 1 fully saturated rings. The molecule has 0 unspecified atom stereocenters. The van der Waals surface area contributed by atoms with Gasteiger partial charge in [-0.15, -0.1) is 0 Å². The Labute approximate surface area is 235 Å². The van der Waals surface area contributed by atoms with Gasteiger partial charge in [-0.25, -0.2) is 23.9 Å². The molecule has 1 saturated heterocycles. The number of aromatic nitrogens is 4. The number of nitrogens with one attached hydrogen (secondary N) is 4. The fourth-order valence-electron chi connectivity index (χ4n) is 4.10. The van der Waals surface area contributed by atoms with Gasteiger partial charge in [0.15, 0.2) is 5.65 Å². The van der Waals surface area contributed by atoms with Crippen LogP contribution in [0.1, 0.15) is 5.56 Å². The van der Waals surface area contributed by atoms with Gasteiger partial charge in [0.1, 0.15) is 17.4 Å². The number of rotatable bonds is 7. The molecular formula is C26H24F4N8O4. The summed E-state index contributed by atoms with van der Waals surface area (Å²) in [5, 5.41) is 14.3. The third-order valence-electron chi connectivity index (χ3n) is 6.23. The predicted molar refractivity (Wildman–Crippen MR) is 142 cm³/mol. The molecule has 3 aromatic heterocycles. The average Bonchev–Trinajstić information content (AvgIpc) is 3.44. The number of anilines is 2. The van der Waals surface area contributed by atoms with Gasteiger partial charge in [-0.2, -0.15) is 18.3 Å². The topological polar surface area (TPSA) is 146 Å². The zero-order chi connectivity index (χ0) is 29.7. The fraction of sp³-hybridized carbons (Fsp3) is 0.269. The third-order valence-corrected chi connectivity index (χ3v) is 6.23. The van der Waals surface area contributed by atoms with Crippen molar-refractivity contribution in [1.82, 2.24) is 30.4 Å². The van der Waals surface area contributed by atoms with Gasteiger partial charge in [0.05, 0.1) is 41.7 Å². The van der Waals surface area contributed by atoms with Crippen LogP contribution < -0.4 is 20.7 Å². The number of alkyl halides is 3. The third kappa shape index (κ3) is 7.08. The quantitative estimate of drug-likeness (QED) is 0.235. The average molecular weight is 589 g/mol. The van der Waals surface area contributed by atoms with E-state index in [1.54, 1.807) is 6.07 Å². The minimum Gasteiger partial charge on any atom is -0.409 e. The molecule has 1 aromatic carbocycles. The molecule has 16 heteroatoms. The molecule has 0 saturated carbocycles. The Balaban J connectivity index is 1.23. The van der Waals surface area contributed by atoms with Crippen LogP contribution in [0.4, 0.5) is 38.7 Å². The Bertz CT molecular complexity index is 1570. The molecule has 0 atom stereocenters. The van der Waals surface area contributed by atoms with E-state index in [0.717, 1.165) is 13.1 Å². The predicted octanol–water partition coefficient (Wildman–Crippen LogP) is 4.24. The lowest BCUT2D eigenvalue weighted by Gasteiger charge is -2.26. The molecule has 0 bridgehead atoms. The maximum atomic E-state index is 14.0. The summed E-state index contributed by atoms with van der Waals surface area (Å²) < 4.78 is 63.6. The van der Waals surface area contributed by atoms with Crippen molar-refractivity contribution >= 4 is 34.7 Å². The maximum Gasteiger partial charge on any atom is 0.416 e. The minimum atomic E-state index is -4.71. The van der Waals surface area contributed by atoms with Gasteiger partial charge < -0.3 is 20.1 Å². The van der Waals surface area contributed by atoms with Crippen molar-refractivity contribution in [3.8, 4) is 17.0 Å². The van der Waals surface area contributed by atoms with Crippen molar-refractivity contribution in [3.63, 3.8) is 0 Å². The number of carbonyl (C=O) groups is 2. The first-order valence-corrected chi connectivity index (χ1v) is 12.7. The minimum absolute atomic E-state index is 0.0300. The normalized spacial score (nSPS) is 14.0. The maximum absolute atomic E-state index is 14.0. The first kappa shape index (κ1) is 28.7. The molecule has 4 aromatic rings. The molecule has 0 aliphatic carbocycles. The van der Waals surface area contributed by atoms with Crippen LogP contribution in [-0.4, -0.2) is 76.6 Å². The molecule has 42 heavy (non-hydrogen) atoms. The molecular weight excluding hydrogens is 564 g/mol. The Morgan fingerprint density at radius 3 is 2.62 bits per heavy atom. The number of ether oxygens (including phenoxy) is 2. The van der Waals surface area contributed by atoms with Crippen molar-refractivity contribution in [1.29, 1.82) is 0 Å². The van der Waals surface area contributed by atoms with Crippen molar-refractivity contribution in [3.05, 3.63) is 60.2 Å². The number of nitrogens with zero attached hydrogens (tertiary/aromatic N) is 4. The molecule has 220 valence electrons.